The van der Waals surface area contributed by atoms with Gasteiger partial charge in [0.25, 0.3) is 0 Å². The van der Waals surface area contributed by atoms with Crippen molar-refractivity contribution in [1.82, 2.24) is 0 Å². The van der Waals surface area contributed by atoms with Crippen LogP contribution in [0.2, 0.25) is 0 Å². The third kappa shape index (κ3) is 43.2. The molecular weight excluding hydrogens is 296 g/mol. The standard InChI is InChI=1S/C8H19N3O2.3CHNO/c9-4-2-1-3-7(11)8(12)13-6-5-10;3*2-1-3/h7H,1-6,9-11H2;3*2H/t7-;;;/m0.../s1. The number of hydrogen-bond acceptors (Lipinski definition) is 11. The van der Waals surface area contributed by atoms with Gasteiger partial charge in [0.15, 0.2) is 0 Å². The number of nitrogens with one attached hydrogen (secondary N) is 3. The number of carbonyl (C=O) groups is 1. The number of isocyanates is 3. The largest absolute Gasteiger partial charge is 0.463 e. The molecule has 0 fully saturated rings. The van der Waals surface area contributed by atoms with Gasteiger partial charge >= 0.3 is 5.97 Å². The Kier molecular flexibility index (Phi) is 39.2. The molecule has 0 heterocycles. The third-order valence-electron chi connectivity index (χ3n) is 1.63. The summed E-state index contributed by atoms with van der Waals surface area (Å²) in [4.78, 5) is 36.1. The Balaban J connectivity index is -0.000000148. The van der Waals surface area contributed by atoms with Gasteiger partial charge in [0.1, 0.15) is 12.6 Å². The van der Waals surface area contributed by atoms with Crippen molar-refractivity contribution >= 4 is 24.2 Å². The average molecular weight is 318 g/mol. The van der Waals surface area contributed by atoms with E-state index in [1.165, 1.54) is 0 Å². The summed E-state index contributed by atoms with van der Waals surface area (Å²) >= 11 is 0. The van der Waals surface area contributed by atoms with Gasteiger partial charge < -0.3 is 21.9 Å². The molecule has 0 radical (unpaired) electrons. The minimum absolute atomic E-state index is 0.240. The zero-order valence-electron chi connectivity index (χ0n) is 12.1. The number of carbonyl (C=O) groups excluding carboxylic acids is 4. The third-order valence-corrected chi connectivity index (χ3v) is 1.63. The first-order valence-corrected chi connectivity index (χ1v) is 5.91. The first kappa shape index (κ1) is 27.8. The highest BCUT2D eigenvalue weighted by atomic mass is 16.5. The lowest BCUT2D eigenvalue weighted by Gasteiger charge is -2.10. The summed E-state index contributed by atoms with van der Waals surface area (Å²) in [7, 11) is 0. The molecular formula is C11H22N6O5. The molecule has 9 N–H and O–H groups in total. The maximum absolute atomic E-state index is 11.1. The van der Waals surface area contributed by atoms with Crippen molar-refractivity contribution in [2.24, 2.45) is 17.2 Å². The number of ether oxygens (including phenoxy) is 1. The van der Waals surface area contributed by atoms with E-state index < -0.39 is 6.04 Å². The molecule has 0 rings (SSSR count). The van der Waals surface area contributed by atoms with Gasteiger partial charge in [0.05, 0.1) is 0 Å². The fraction of sp³-hybridized carbons (Fsp3) is 0.636. The molecule has 0 unspecified atom stereocenters. The van der Waals surface area contributed by atoms with E-state index >= 15 is 0 Å². The van der Waals surface area contributed by atoms with Gasteiger partial charge in [-0.2, -0.15) is 0 Å². The van der Waals surface area contributed by atoms with Gasteiger partial charge in [-0.05, 0) is 19.4 Å². The lowest BCUT2D eigenvalue weighted by Crippen LogP contribution is -2.33. The fourth-order valence-electron chi connectivity index (χ4n) is 0.893. The molecule has 11 heteroatoms. The highest BCUT2D eigenvalue weighted by Crippen LogP contribution is 1.99. The van der Waals surface area contributed by atoms with Gasteiger partial charge in [0.2, 0.25) is 18.2 Å². The van der Waals surface area contributed by atoms with E-state index in [1.807, 2.05) is 0 Å². The highest BCUT2D eigenvalue weighted by molar-refractivity contribution is 5.75. The molecule has 22 heavy (non-hydrogen) atoms. The molecule has 0 spiro atoms. The maximum atomic E-state index is 11.1. The van der Waals surface area contributed by atoms with Gasteiger partial charge in [-0.15, -0.1) is 0 Å². The van der Waals surface area contributed by atoms with Crippen LogP contribution in [0, 0.1) is 16.2 Å². The molecule has 0 saturated carbocycles. The normalized spacial score (nSPS) is 8.50. The minimum atomic E-state index is -0.530. The van der Waals surface area contributed by atoms with Crippen molar-refractivity contribution in [3.63, 3.8) is 0 Å². The van der Waals surface area contributed by atoms with Crippen molar-refractivity contribution in [2.45, 2.75) is 25.3 Å². The smallest absolute Gasteiger partial charge is 0.322 e. The molecule has 1 atom stereocenters. The molecule has 0 aliphatic rings. The van der Waals surface area contributed by atoms with E-state index in [-0.39, 0.29) is 12.6 Å². The van der Waals surface area contributed by atoms with E-state index in [4.69, 9.17) is 52.5 Å². The molecule has 0 aliphatic heterocycles. The van der Waals surface area contributed by atoms with Crippen LogP contribution in [0.5, 0.6) is 0 Å². The second-order valence-electron chi connectivity index (χ2n) is 3.15. The van der Waals surface area contributed by atoms with Crippen molar-refractivity contribution in [3.05, 3.63) is 0 Å². The maximum Gasteiger partial charge on any atom is 0.322 e. The second-order valence-corrected chi connectivity index (χ2v) is 3.15. The second kappa shape index (κ2) is 31.1. The van der Waals surface area contributed by atoms with Gasteiger partial charge in [-0.25, -0.2) is 30.6 Å². The van der Waals surface area contributed by atoms with E-state index in [2.05, 4.69) is 0 Å². The summed E-state index contributed by atoms with van der Waals surface area (Å²) in [6.07, 6.45) is 4.62. The molecule has 0 aliphatic carbocycles. The van der Waals surface area contributed by atoms with Gasteiger partial charge in [-0.1, -0.05) is 6.42 Å². The molecule has 11 nitrogen and oxygen atoms in total. The topological polar surface area (TPSA) is 227 Å². The van der Waals surface area contributed by atoms with Crippen LogP contribution >= 0.6 is 0 Å². The summed E-state index contributed by atoms with van der Waals surface area (Å²) in [5, 5.41) is 16.2. The molecule has 0 aromatic rings. The quantitative estimate of drug-likeness (QED) is 0.142. The van der Waals surface area contributed by atoms with Crippen LogP contribution < -0.4 is 17.2 Å². The minimum Gasteiger partial charge on any atom is -0.463 e. The Morgan fingerprint density at radius 3 is 1.68 bits per heavy atom. The van der Waals surface area contributed by atoms with Crippen LogP contribution in [0.25, 0.3) is 0 Å². The Hall–Kier alpha value is -2.51. The van der Waals surface area contributed by atoms with Crippen LogP contribution in [0.15, 0.2) is 0 Å². The van der Waals surface area contributed by atoms with Crippen LogP contribution in [-0.2, 0) is 23.9 Å². The lowest BCUT2D eigenvalue weighted by molar-refractivity contribution is -0.145. The number of unbranched alkanes of at least 4 members (excludes halogenated alkanes) is 1. The molecule has 0 amide bonds. The molecule has 0 aromatic heterocycles. The van der Waals surface area contributed by atoms with Gasteiger partial charge in [0, 0.05) is 6.54 Å². The van der Waals surface area contributed by atoms with Crippen molar-refractivity contribution in [2.75, 3.05) is 19.7 Å². The van der Waals surface area contributed by atoms with E-state index in [0.29, 0.717) is 19.5 Å². The summed E-state index contributed by atoms with van der Waals surface area (Å²) in [6, 6.07) is -0.530. The Bertz CT molecular complexity index is 316. The number of rotatable bonds is 7. The predicted octanol–water partition coefficient (Wildman–Crippen LogP) is -1.35. The van der Waals surface area contributed by atoms with E-state index in [0.717, 1.165) is 31.1 Å². The Labute approximate surface area is 127 Å². The molecule has 0 saturated heterocycles. The molecule has 0 bridgehead atoms. The molecule has 126 valence electrons. The fourth-order valence-corrected chi connectivity index (χ4v) is 0.893. The first-order chi connectivity index (χ1) is 10.5. The Morgan fingerprint density at radius 2 is 1.36 bits per heavy atom. The average Bonchev–Trinajstić information content (AvgIpc) is 2.47. The van der Waals surface area contributed by atoms with Crippen molar-refractivity contribution in [3.8, 4) is 0 Å². The number of esters is 1. The zero-order chi connectivity index (χ0) is 18.2. The van der Waals surface area contributed by atoms with Crippen LogP contribution in [0.4, 0.5) is 0 Å². The zero-order valence-corrected chi connectivity index (χ0v) is 12.1. The number of nitrogens with two attached hydrogens (primary N) is 3. The number of hydrogen-bond donors (Lipinski definition) is 6. The Morgan fingerprint density at radius 1 is 0.955 bits per heavy atom. The highest BCUT2D eigenvalue weighted by Gasteiger charge is 2.13. The van der Waals surface area contributed by atoms with Crippen LogP contribution in [-0.4, -0.2) is 49.9 Å². The van der Waals surface area contributed by atoms with E-state index in [9.17, 15) is 4.79 Å². The monoisotopic (exact) mass is 318 g/mol. The summed E-state index contributed by atoms with van der Waals surface area (Å²) < 4.78 is 4.76. The predicted molar refractivity (Wildman–Crippen MR) is 76.1 cm³/mol. The van der Waals surface area contributed by atoms with Crippen molar-refractivity contribution in [1.29, 1.82) is 16.2 Å². The van der Waals surface area contributed by atoms with Crippen LogP contribution in [0.3, 0.4) is 0 Å². The van der Waals surface area contributed by atoms with E-state index in [1.54, 1.807) is 0 Å². The summed E-state index contributed by atoms with van der Waals surface area (Å²) in [5.41, 5.74) is 16.0. The van der Waals surface area contributed by atoms with Crippen LogP contribution in [0.1, 0.15) is 19.3 Å². The first-order valence-electron chi connectivity index (χ1n) is 5.91. The molecule has 0 aromatic carbocycles. The summed E-state index contributed by atoms with van der Waals surface area (Å²) in [5.74, 6) is -0.373. The van der Waals surface area contributed by atoms with Gasteiger partial charge in [-0.3, -0.25) is 4.79 Å². The SMILES string of the molecule is N=C=O.N=C=O.N=C=O.NCCCC[C@H](N)C(=O)OCCN. The lowest BCUT2D eigenvalue weighted by atomic mass is 10.1. The van der Waals surface area contributed by atoms with Crippen molar-refractivity contribution < 1.29 is 23.9 Å². The summed E-state index contributed by atoms with van der Waals surface area (Å²) in [6.45, 7) is 1.20.